The largest absolute Gasteiger partial charge is 0.459 e. The Morgan fingerprint density at radius 3 is 2.81 bits per heavy atom. The zero-order chi connectivity index (χ0) is 17.3. The number of aromatic nitrogens is 2. The number of rotatable bonds is 4. The third kappa shape index (κ3) is 4.70. The van der Waals surface area contributed by atoms with Crippen molar-refractivity contribution in [3.63, 3.8) is 0 Å². The highest BCUT2D eigenvalue weighted by molar-refractivity contribution is 5.85. The molecule has 4 unspecified atom stereocenters. The Morgan fingerprint density at radius 2 is 2.15 bits per heavy atom. The van der Waals surface area contributed by atoms with Crippen LogP contribution >= 0.6 is 24.8 Å². The number of aliphatic hydroxyl groups is 1. The van der Waals surface area contributed by atoms with Crippen LogP contribution in [0.2, 0.25) is 0 Å². The highest BCUT2D eigenvalue weighted by Gasteiger charge is 2.33. The molecule has 3 rings (SSSR count). The number of carbonyl (C=O) groups excluding carboxylic acids is 1. The van der Waals surface area contributed by atoms with Crippen LogP contribution < -0.4 is 27.2 Å². The number of carbonyl (C=O) groups is 1. The van der Waals surface area contributed by atoms with Gasteiger partial charge in [-0.05, 0) is 26.3 Å². The van der Waals surface area contributed by atoms with Crippen molar-refractivity contribution in [1.29, 1.82) is 0 Å². The number of aromatic amines is 1. The number of hydrogen-bond donors (Lipinski definition) is 6. The van der Waals surface area contributed by atoms with E-state index in [2.05, 4.69) is 25.9 Å². The van der Waals surface area contributed by atoms with Crippen molar-refractivity contribution in [2.75, 3.05) is 29.5 Å². The number of ether oxygens (including phenoxy) is 1. The number of halogens is 2. The topological polar surface area (TPSA) is 154 Å². The Balaban J connectivity index is 0.00000169. The van der Waals surface area contributed by atoms with E-state index in [1.54, 1.807) is 6.92 Å². The molecule has 0 aromatic carbocycles. The third-order valence-corrected chi connectivity index (χ3v) is 4.30. The third-order valence-electron chi connectivity index (χ3n) is 4.30. The van der Waals surface area contributed by atoms with Gasteiger partial charge in [-0.3, -0.25) is 14.6 Å². The molecule has 1 saturated heterocycles. The summed E-state index contributed by atoms with van der Waals surface area (Å²) in [5, 5.41) is 19.4. The molecule has 0 saturated carbocycles. The maximum atomic E-state index is 12.0. The van der Waals surface area contributed by atoms with Gasteiger partial charge in [0.05, 0.1) is 6.04 Å². The lowest BCUT2D eigenvalue weighted by molar-refractivity contribution is -0.156. The number of aliphatic hydroxyl groups excluding tert-OH is 1. The molecule has 26 heavy (non-hydrogen) atoms. The summed E-state index contributed by atoms with van der Waals surface area (Å²) in [4.78, 5) is 30.3. The lowest BCUT2D eigenvalue weighted by atomic mass is 10.0. The maximum absolute atomic E-state index is 12.0. The first-order chi connectivity index (χ1) is 11.5. The van der Waals surface area contributed by atoms with Crippen molar-refractivity contribution in [2.24, 2.45) is 0 Å². The van der Waals surface area contributed by atoms with Crippen LogP contribution in [0.4, 0.5) is 17.5 Å². The standard InChI is InChI=1S/C14H22N6O4.2ClH/c1-6(24-13(23)7-3-2-4-16-7)10(21)8-5-17-11-9(18-8)12(22)20-14(15)19-11;;/h6-8,10,16,18,21H,2-5H2,1H3,(H4,15,17,19,20,22);2*1H. The SMILES string of the molecule is CC(OC(=O)C1CCCN1)C(O)C1CNc2nc(N)[nH]c(=O)c2N1.Cl.Cl. The number of fused-ring (bicyclic) bond motifs is 1. The summed E-state index contributed by atoms with van der Waals surface area (Å²) >= 11 is 0. The number of nitrogens with one attached hydrogen (secondary N) is 4. The van der Waals surface area contributed by atoms with Crippen LogP contribution in [0.1, 0.15) is 19.8 Å². The Bertz CT molecular complexity index is 682. The molecule has 0 bridgehead atoms. The molecule has 2 aliphatic heterocycles. The van der Waals surface area contributed by atoms with E-state index >= 15 is 0 Å². The smallest absolute Gasteiger partial charge is 0.323 e. The van der Waals surface area contributed by atoms with Gasteiger partial charge in [0, 0.05) is 6.54 Å². The molecule has 4 atom stereocenters. The van der Waals surface area contributed by atoms with E-state index in [0.29, 0.717) is 12.4 Å². The molecule has 1 aromatic rings. The number of nitrogens with two attached hydrogens (primary N) is 1. The zero-order valence-electron chi connectivity index (χ0n) is 14.2. The van der Waals surface area contributed by atoms with Crippen LogP contribution in [0.3, 0.4) is 0 Å². The molecule has 7 N–H and O–H groups in total. The van der Waals surface area contributed by atoms with Gasteiger partial charge in [-0.2, -0.15) is 4.98 Å². The highest BCUT2D eigenvalue weighted by Crippen LogP contribution is 2.22. The van der Waals surface area contributed by atoms with Crippen LogP contribution in [-0.4, -0.2) is 58.4 Å². The molecule has 10 nitrogen and oxygen atoms in total. The van der Waals surface area contributed by atoms with Crippen molar-refractivity contribution in [3.8, 4) is 0 Å². The second-order valence-electron chi connectivity index (χ2n) is 6.09. The summed E-state index contributed by atoms with van der Waals surface area (Å²) in [5.74, 6) is -0.0200. The second-order valence-corrected chi connectivity index (χ2v) is 6.09. The van der Waals surface area contributed by atoms with Gasteiger partial charge in [-0.25, -0.2) is 0 Å². The fraction of sp³-hybridized carbons (Fsp3) is 0.643. The minimum atomic E-state index is -0.993. The van der Waals surface area contributed by atoms with Gasteiger partial charge in [-0.1, -0.05) is 0 Å². The Kier molecular flexibility index (Phi) is 7.94. The Morgan fingerprint density at radius 1 is 1.42 bits per heavy atom. The fourth-order valence-corrected chi connectivity index (χ4v) is 2.95. The summed E-state index contributed by atoms with van der Waals surface area (Å²) in [6, 6.07) is -0.823. The van der Waals surface area contributed by atoms with Crippen LogP contribution in [0.25, 0.3) is 0 Å². The maximum Gasteiger partial charge on any atom is 0.323 e. The van der Waals surface area contributed by atoms with Gasteiger partial charge in [-0.15, -0.1) is 24.8 Å². The van der Waals surface area contributed by atoms with Crippen molar-refractivity contribution >= 4 is 48.2 Å². The van der Waals surface area contributed by atoms with Crippen molar-refractivity contribution in [2.45, 2.75) is 44.1 Å². The van der Waals surface area contributed by atoms with Gasteiger partial charge in [0.25, 0.3) is 5.56 Å². The Labute approximate surface area is 162 Å². The number of nitrogen functional groups attached to an aromatic ring is 1. The highest BCUT2D eigenvalue weighted by atomic mass is 35.5. The number of H-pyrrole nitrogens is 1. The van der Waals surface area contributed by atoms with Gasteiger partial charge < -0.3 is 31.5 Å². The Hall–Kier alpha value is -1.75. The normalized spacial score (nSPS) is 23.2. The molecule has 12 heteroatoms. The second kappa shape index (κ2) is 9.26. The predicted octanol–water partition coefficient (Wildman–Crippen LogP) is -0.554. The summed E-state index contributed by atoms with van der Waals surface area (Å²) in [5.41, 5.74) is 5.27. The van der Waals surface area contributed by atoms with E-state index < -0.39 is 23.8 Å². The molecule has 1 fully saturated rings. The first-order valence-corrected chi connectivity index (χ1v) is 7.98. The molecule has 2 aliphatic rings. The summed E-state index contributed by atoms with van der Waals surface area (Å²) < 4.78 is 5.35. The lowest BCUT2D eigenvalue weighted by Crippen LogP contribution is -2.50. The molecule has 0 spiro atoms. The summed E-state index contributed by atoms with van der Waals surface area (Å²) in [6.45, 7) is 2.73. The van der Waals surface area contributed by atoms with Crippen molar-refractivity contribution in [1.82, 2.24) is 15.3 Å². The van der Waals surface area contributed by atoms with E-state index in [-0.39, 0.29) is 48.5 Å². The number of anilines is 3. The minimum Gasteiger partial charge on any atom is -0.459 e. The van der Waals surface area contributed by atoms with E-state index in [9.17, 15) is 14.7 Å². The van der Waals surface area contributed by atoms with Gasteiger partial charge in [0.1, 0.15) is 23.9 Å². The predicted molar refractivity (Wildman–Crippen MR) is 102 cm³/mol. The molecular weight excluding hydrogens is 387 g/mol. The summed E-state index contributed by atoms with van der Waals surface area (Å²) in [6.07, 6.45) is -0.0455. The fourth-order valence-electron chi connectivity index (χ4n) is 2.95. The van der Waals surface area contributed by atoms with E-state index in [1.165, 1.54) is 0 Å². The number of esters is 1. The van der Waals surface area contributed by atoms with E-state index in [0.717, 1.165) is 19.4 Å². The first-order valence-electron chi connectivity index (χ1n) is 7.98. The molecule has 1 aromatic heterocycles. The van der Waals surface area contributed by atoms with Crippen LogP contribution in [-0.2, 0) is 9.53 Å². The van der Waals surface area contributed by atoms with E-state index in [4.69, 9.17) is 10.5 Å². The minimum absolute atomic E-state index is 0. The average Bonchev–Trinajstić information content (AvgIpc) is 3.08. The molecule has 0 aliphatic carbocycles. The molecule has 0 radical (unpaired) electrons. The van der Waals surface area contributed by atoms with Crippen molar-refractivity contribution < 1.29 is 14.6 Å². The molecule has 148 valence electrons. The average molecular weight is 411 g/mol. The van der Waals surface area contributed by atoms with Gasteiger partial charge in [0.2, 0.25) is 5.95 Å². The van der Waals surface area contributed by atoms with Gasteiger partial charge >= 0.3 is 5.97 Å². The zero-order valence-corrected chi connectivity index (χ0v) is 15.8. The quantitative estimate of drug-likeness (QED) is 0.358. The van der Waals surface area contributed by atoms with Crippen LogP contribution in [0.15, 0.2) is 4.79 Å². The van der Waals surface area contributed by atoms with E-state index in [1.807, 2.05) is 0 Å². The molecule has 0 amide bonds. The van der Waals surface area contributed by atoms with Crippen molar-refractivity contribution in [3.05, 3.63) is 10.4 Å². The number of hydrogen-bond acceptors (Lipinski definition) is 9. The summed E-state index contributed by atoms with van der Waals surface area (Å²) in [7, 11) is 0. The number of nitrogens with zero attached hydrogens (tertiary/aromatic N) is 1. The van der Waals surface area contributed by atoms with Gasteiger partial charge in [0.15, 0.2) is 5.82 Å². The monoisotopic (exact) mass is 410 g/mol. The van der Waals surface area contributed by atoms with Crippen LogP contribution in [0, 0.1) is 0 Å². The molecule has 3 heterocycles. The lowest BCUT2D eigenvalue weighted by Gasteiger charge is -2.33. The molecular formula is C14H24Cl2N6O4. The first kappa shape index (κ1) is 22.3. The van der Waals surface area contributed by atoms with Crippen LogP contribution in [0.5, 0.6) is 0 Å².